The highest BCUT2D eigenvalue weighted by Gasteiger charge is 2.28. The fraction of sp³-hybridized carbons (Fsp3) is 0.440. The number of aromatic nitrogens is 2. The van der Waals surface area contributed by atoms with Gasteiger partial charge in [-0.25, -0.2) is 9.97 Å². The topological polar surface area (TPSA) is 81.7 Å². The second-order valence-corrected chi connectivity index (χ2v) is 8.55. The Morgan fingerprint density at radius 1 is 1.12 bits per heavy atom. The van der Waals surface area contributed by atoms with E-state index < -0.39 is 6.04 Å². The number of hydrogen-bond donors (Lipinski definition) is 1. The Balaban J connectivity index is 1.66. The Morgan fingerprint density at radius 3 is 2.42 bits per heavy atom. The average Bonchev–Trinajstić information content (AvgIpc) is 2.84. The van der Waals surface area contributed by atoms with Crippen molar-refractivity contribution in [3.05, 3.63) is 61.2 Å². The van der Waals surface area contributed by atoms with Gasteiger partial charge in [-0.05, 0) is 51.2 Å². The Kier molecular flexibility index (Phi) is 9.09. The van der Waals surface area contributed by atoms with Gasteiger partial charge in [-0.2, -0.15) is 0 Å². The summed E-state index contributed by atoms with van der Waals surface area (Å²) in [6, 6.07) is 6.74. The molecule has 1 aliphatic heterocycles. The number of carbonyl (C=O) groups excluding carboxylic acids is 2. The maximum absolute atomic E-state index is 13.3. The summed E-state index contributed by atoms with van der Waals surface area (Å²) in [5.41, 5.74) is 2.34. The SMILES string of the molecule is C=CCN(C)CCC[C@H](NC(=O)c1ccc(-c2cncnc2)cc1)C(=O)N1CCN(C)CC1. The van der Waals surface area contributed by atoms with Gasteiger partial charge in [0.15, 0.2) is 0 Å². The molecule has 33 heavy (non-hydrogen) atoms. The van der Waals surface area contributed by atoms with Crippen molar-refractivity contribution in [2.45, 2.75) is 18.9 Å². The molecular weight excluding hydrogens is 416 g/mol. The van der Waals surface area contributed by atoms with Crippen LogP contribution >= 0.6 is 0 Å². The molecule has 8 heteroatoms. The first-order valence-electron chi connectivity index (χ1n) is 11.4. The lowest BCUT2D eigenvalue weighted by Crippen LogP contribution is -2.54. The van der Waals surface area contributed by atoms with E-state index in [1.165, 1.54) is 6.33 Å². The maximum atomic E-state index is 13.3. The molecule has 1 aromatic carbocycles. The van der Waals surface area contributed by atoms with Crippen molar-refractivity contribution in [2.75, 3.05) is 53.4 Å². The molecule has 0 unspecified atom stereocenters. The number of nitrogens with one attached hydrogen (secondary N) is 1. The molecule has 2 aromatic rings. The smallest absolute Gasteiger partial charge is 0.251 e. The minimum atomic E-state index is -0.541. The van der Waals surface area contributed by atoms with Crippen LogP contribution in [0.5, 0.6) is 0 Å². The van der Waals surface area contributed by atoms with Crippen molar-refractivity contribution >= 4 is 11.8 Å². The van der Waals surface area contributed by atoms with E-state index in [0.717, 1.165) is 43.7 Å². The lowest BCUT2D eigenvalue weighted by atomic mass is 10.0. The predicted molar refractivity (Wildman–Crippen MR) is 130 cm³/mol. The molecule has 1 aromatic heterocycles. The summed E-state index contributed by atoms with van der Waals surface area (Å²) < 4.78 is 0. The van der Waals surface area contributed by atoms with Crippen molar-refractivity contribution in [3.8, 4) is 11.1 Å². The van der Waals surface area contributed by atoms with Crippen LogP contribution in [0.1, 0.15) is 23.2 Å². The van der Waals surface area contributed by atoms with Crippen LogP contribution in [-0.2, 0) is 4.79 Å². The number of nitrogens with zero attached hydrogens (tertiary/aromatic N) is 5. The van der Waals surface area contributed by atoms with Crippen LogP contribution < -0.4 is 5.32 Å². The molecule has 0 aliphatic carbocycles. The Hall–Kier alpha value is -3.10. The normalized spacial score (nSPS) is 15.3. The largest absolute Gasteiger partial charge is 0.340 e. The standard InChI is InChI=1S/C25H34N6O2/c1-4-11-29(2)12-5-6-23(25(33)31-15-13-30(3)14-16-31)28-24(32)21-9-7-20(8-10-21)22-17-26-19-27-18-22/h4,7-10,17-19,23H,1,5-6,11-16H2,2-3H3,(H,28,32)/t23-/m0/s1. The molecule has 0 bridgehead atoms. The van der Waals surface area contributed by atoms with Crippen molar-refractivity contribution in [1.82, 2.24) is 30.0 Å². The number of rotatable bonds is 10. The van der Waals surface area contributed by atoms with Crippen molar-refractivity contribution in [2.24, 2.45) is 0 Å². The molecule has 3 rings (SSSR count). The fourth-order valence-electron chi connectivity index (χ4n) is 3.89. The van der Waals surface area contributed by atoms with Crippen LogP contribution in [0.2, 0.25) is 0 Å². The van der Waals surface area contributed by atoms with Gasteiger partial charge in [0.1, 0.15) is 12.4 Å². The van der Waals surface area contributed by atoms with E-state index in [1.807, 2.05) is 30.2 Å². The third-order valence-corrected chi connectivity index (χ3v) is 5.93. The highest BCUT2D eigenvalue weighted by molar-refractivity contribution is 5.97. The second kappa shape index (κ2) is 12.2. The highest BCUT2D eigenvalue weighted by atomic mass is 16.2. The van der Waals surface area contributed by atoms with Crippen molar-refractivity contribution < 1.29 is 9.59 Å². The molecule has 1 atom stereocenters. The summed E-state index contributed by atoms with van der Waals surface area (Å²) in [4.78, 5) is 40.6. The summed E-state index contributed by atoms with van der Waals surface area (Å²) in [7, 11) is 4.08. The fourth-order valence-corrected chi connectivity index (χ4v) is 3.89. The van der Waals surface area contributed by atoms with Gasteiger partial charge in [-0.3, -0.25) is 9.59 Å². The summed E-state index contributed by atoms with van der Waals surface area (Å²) in [6.45, 7) is 8.46. The zero-order valence-electron chi connectivity index (χ0n) is 19.6. The van der Waals surface area contributed by atoms with Crippen LogP contribution in [0.3, 0.4) is 0 Å². The molecule has 2 heterocycles. The zero-order chi connectivity index (χ0) is 23.6. The number of amides is 2. The van der Waals surface area contributed by atoms with Gasteiger partial charge in [0.25, 0.3) is 5.91 Å². The Morgan fingerprint density at radius 2 is 1.79 bits per heavy atom. The van der Waals surface area contributed by atoms with E-state index >= 15 is 0 Å². The minimum absolute atomic E-state index is 0.000813. The van der Waals surface area contributed by atoms with Crippen molar-refractivity contribution in [3.63, 3.8) is 0 Å². The van der Waals surface area contributed by atoms with E-state index in [1.54, 1.807) is 24.5 Å². The van der Waals surface area contributed by atoms with E-state index in [0.29, 0.717) is 25.1 Å². The molecule has 1 fully saturated rings. The molecule has 2 amide bonds. The van der Waals surface area contributed by atoms with E-state index in [4.69, 9.17) is 0 Å². The lowest BCUT2D eigenvalue weighted by Gasteiger charge is -2.35. The summed E-state index contributed by atoms with van der Waals surface area (Å²) in [5.74, 6) is -0.237. The summed E-state index contributed by atoms with van der Waals surface area (Å²) >= 11 is 0. The molecule has 0 saturated carbocycles. The van der Waals surface area contributed by atoms with Gasteiger partial charge in [-0.1, -0.05) is 18.2 Å². The molecule has 1 saturated heterocycles. The number of benzene rings is 1. The molecule has 8 nitrogen and oxygen atoms in total. The molecule has 1 aliphatic rings. The Labute approximate surface area is 196 Å². The maximum Gasteiger partial charge on any atom is 0.251 e. The van der Waals surface area contributed by atoms with Crippen LogP contribution in [-0.4, -0.2) is 95.9 Å². The van der Waals surface area contributed by atoms with Crippen LogP contribution in [0.25, 0.3) is 11.1 Å². The highest BCUT2D eigenvalue weighted by Crippen LogP contribution is 2.18. The molecular formula is C25H34N6O2. The molecule has 176 valence electrons. The van der Waals surface area contributed by atoms with E-state index in [-0.39, 0.29) is 11.8 Å². The van der Waals surface area contributed by atoms with E-state index in [2.05, 4.69) is 38.7 Å². The summed E-state index contributed by atoms with van der Waals surface area (Å²) in [6.07, 6.45) is 8.21. The van der Waals surface area contributed by atoms with Crippen LogP contribution in [0.4, 0.5) is 0 Å². The number of hydrogen-bond acceptors (Lipinski definition) is 6. The molecule has 1 N–H and O–H groups in total. The number of carbonyl (C=O) groups is 2. The second-order valence-electron chi connectivity index (χ2n) is 8.55. The molecule has 0 radical (unpaired) electrons. The minimum Gasteiger partial charge on any atom is -0.340 e. The van der Waals surface area contributed by atoms with Gasteiger partial charge < -0.3 is 20.0 Å². The van der Waals surface area contributed by atoms with Crippen molar-refractivity contribution in [1.29, 1.82) is 0 Å². The van der Waals surface area contributed by atoms with E-state index in [9.17, 15) is 9.59 Å². The monoisotopic (exact) mass is 450 g/mol. The van der Waals surface area contributed by atoms with Gasteiger partial charge in [0.2, 0.25) is 5.91 Å². The molecule has 0 spiro atoms. The first-order valence-corrected chi connectivity index (χ1v) is 11.4. The third-order valence-electron chi connectivity index (χ3n) is 5.93. The van der Waals surface area contributed by atoms with Crippen LogP contribution in [0.15, 0.2) is 55.6 Å². The zero-order valence-corrected chi connectivity index (χ0v) is 19.6. The van der Waals surface area contributed by atoms with Gasteiger partial charge in [0, 0.05) is 56.2 Å². The van der Waals surface area contributed by atoms with Gasteiger partial charge in [0.05, 0.1) is 0 Å². The predicted octanol–water partition coefficient (Wildman–Crippen LogP) is 1.91. The first-order chi connectivity index (χ1) is 16.0. The average molecular weight is 451 g/mol. The lowest BCUT2D eigenvalue weighted by molar-refractivity contribution is -0.135. The number of likely N-dealkylation sites (N-methyl/N-ethyl adjacent to an activating group) is 2. The van der Waals surface area contributed by atoms with Crippen LogP contribution in [0, 0.1) is 0 Å². The first kappa shape index (κ1) is 24.5. The summed E-state index contributed by atoms with van der Waals surface area (Å²) in [5, 5.41) is 3.00. The quantitative estimate of drug-likeness (QED) is 0.557. The third kappa shape index (κ3) is 7.20. The Bertz CT molecular complexity index is 910. The number of piperazine rings is 1. The van der Waals surface area contributed by atoms with Gasteiger partial charge in [-0.15, -0.1) is 6.58 Å². The van der Waals surface area contributed by atoms with Gasteiger partial charge >= 0.3 is 0 Å².